The molecule has 10 heavy (non-hydrogen) atoms. The van der Waals surface area contributed by atoms with Crippen molar-refractivity contribution in [2.75, 3.05) is 6.61 Å². The molecule has 0 heterocycles. The van der Waals surface area contributed by atoms with Gasteiger partial charge in [0.2, 0.25) is 0 Å². The van der Waals surface area contributed by atoms with E-state index in [9.17, 15) is 0 Å². The standard InChI is InChI=1S/C7H13BrO2/c1-4-9-7(3)10-5-6(2)8/h4,6-7H,1,5H2,2-3H3. The fraction of sp³-hybridized carbons (Fsp3) is 0.714. The summed E-state index contributed by atoms with van der Waals surface area (Å²) < 4.78 is 10.1. The first kappa shape index (κ1) is 9.98. The van der Waals surface area contributed by atoms with E-state index in [1.165, 1.54) is 6.26 Å². The monoisotopic (exact) mass is 208 g/mol. The van der Waals surface area contributed by atoms with Gasteiger partial charge in [-0.05, 0) is 6.92 Å². The fourth-order valence-electron chi connectivity index (χ4n) is 0.443. The van der Waals surface area contributed by atoms with Gasteiger partial charge in [0, 0.05) is 4.83 Å². The van der Waals surface area contributed by atoms with Crippen LogP contribution in [-0.2, 0) is 9.47 Å². The van der Waals surface area contributed by atoms with Crippen LogP contribution < -0.4 is 0 Å². The minimum Gasteiger partial charge on any atom is -0.473 e. The van der Waals surface area contributed by atoms with Crippen LogP contribution in [0.3, 0.4) is 0 Å². The summed E-state index contributed by atoms with van der Waals surface area (Å²) in [6.45, 7) is 7.91. The van der Waals surface area contributed by atoms with Crippen LogP contribution in [0.4, 0.5) is 0 Å². The molecule has 0 aliphatic heterocycles. The molecule has 0 bridgehead atoms. The van der Waals surface area contributed by atoms with Crippen LogP contribution in [0.15, 0.2) is 12.8 Å². The van der Waals surface area contributed by atoms with Gasteiger partial charge >= 0.3 is 0 Å². The Morgan fingerprint density at radius 2 is 2.20 bits per heavy atom. The summed E-state index contributed by atoms with van der Waals surface area (Å²) in [6.07, 6.45) is 1.18. The molecule has 60 valence electrons. The van der Waals surface area contributed by atoms with Crippen LogP contribution in [0.5, 0.6) is 0 Å². The van der Waals surface area contributed by atoms with Crippen molar-refractivity contribution < 1.29 is 9.47 Å². The lowest BCUT2D eigenvalue weighted by atomic mass is 10.5. The maximum Gasteiger partial charge on any atom is 0.196 e. The second kappa shape index (κ2) is 5.74. The van der Waals surface area contributed by atoms with Gasteiger partial charge in [0.1, 0.15) is 0 Å². The van der Waals surface area contributed by atoms with Crippen LogP contribution in [-0.4, -0.2) is 17.7 Å². The Morgan fingerprint density at radius 3 is 2.60 bits per heavy atom. The van der Waals surface area contributed by atoms with E-state index in [0.29, 0.717) is 11.4 Å². The lowest BCUT2D eigenvalue weighted by molar-refractivity contribution is -0.0906. The normalized spacial score (nSPS) is 15.9. The molecule has 2 unspecified atom stereocenters. The van der Waals surface area contributed by atoms with E-state index in [4.69, 9.17) is 9.47 Å². The van der Waals surface area contributed by atoms with Crippen molar-refractivity contribution in [3.8, 4) is 0 Å². The van der Waals surface area contributed by atoms with Crippen molar-refractivity contribution >= 4 is 15.9 Å². The molecule has 0 spiro atoms. The van der Waals surface area contributed by atoms with Crippen LogP contribution >= 0.6 is 15.9 Å². The van der Waals surface area contributed by atoms with E-state index in [0.717, 1.165) is 0 Å². The highest BCUT2D eigenvalue weighted by molar-refractivity contribution is 9.09. The summed E-state index contributed by atoms with van der Waals surface area (Å²) in [6, 6.07) is 0. The Bertz CT molecular complexity index is 93.6. The SMILES string of the molecule is C=COC(C)OCC(C)Br. The first-order valence-electron chi connectivity index (χ1n) is 3.19. The summed E-state index contributed by atoms with van der Waals surface area (Å²) in [5.74, 6) is 0. The zero-order valence-electron chi connectivity index (χ0n) is 6.34. The minimum atomic E-state index is -0.197. The number of ether oxygens (including phenoxy) is 2. The molecule has 0 saturated heterocycles. The quantitative estimate of drug-likeness (QED) is 0.393. The van der Waals surface area contributed by atoms with Gasteiger partial charge in [0.05, 0.1) is 12.9 Å². The van der Waals surface area contributed by atoms with Gasteiger partial charge in [-0.2, -0.15) is 0 Å². The maximum absolute atomic E-state index is 5.20. The van der Waals surface area contributed by atoms with Crippen molar-refractivity contribution in [2.45, 2.75) is 25.0 Å². The molecule has 0 radical (unpaired) electrons. The van der Waals surface area contributed by atoms with E-state index in [1.54, 1.807) is 0 Å². The van der Waals surface area contributed by atoms with Crippen LogP contribution in [0, 0.1) is 0 Å². The Hall–Kier alpha value is -0.0200. The third-order valence-corrected chi connectivity index (χ3v) is 1.11. The molecule has 0 N–H and O–H groups in total. The van der Waals surface area contributed by atoms with Gasteiger partial charge in [-0.25, -0.2) is 0 Å². The Morgan fingerprint density at radius 1 is 1.60 bits per heavy atom. The van der Waals surface area contributed by atoms with Gasteiger partial charge < -0.3 is 9.47 Å². The zero-order valence-corrected chi connectivity index (χ0v) is 7.93. The van der Waals surface area contributed by atoms with Crippen molar-refractivity contribution in [1.29, 1.82) is 0 Å². The number of halogens is 1. The van der Waals surface area contributed by atoms with E-state index in [-0.39, 0.29) is 6.29 Å². The molecule has 0 saturated carbocycles. The van der Waals surface area contributed by atoms with E-state index in [1.807, 2.05) is 13.8 Å². The minimum absolute atomic E-state index is 0.197. The third-order valence-electron chi connectivity index (χ3n) is 0.848. The third kappa shape index (κ3) is 6.11. The average molecular weight is 209 g/mol. The second-order valence-corrected chi connectivity index (χ2v) is 3.55. The highest BCUT2D eigenvalue weighted by Gasteiger charge is 2.01. The van der Waals surface area contributed by atoms with Gasteiger partial charge in [0.15, 0.2) is 6.29 Å². The molecule has 0 aromatic carbocycles. The fourth-order valence-corrected chi connectivity index (χ4v) is 0.596. The second-order valence-electron chi connectivity index (χ2n) is 1.98. The Balaban J connectivity index is 3.20. The molecule has 2 atom stereocenters. The zero-order chi connectivity index (χ0) is 7.98. The molecule has 0 fully saturated rings. The van der Waals surface area contributed by atoms with Gasteiger partial charge in [-0.3, -0.25) is 0 Å². The summed E-state index contributed by atoms with van der Waals surface area (Å²) in [5, 5.41) is 0. The molecule has 3 heteroatoms. The first-order valence-corrected chi connectivity index (χ1v) is 4.10. The molecule has 0 aromatic rings. The predicted octanol–water partition coefficient (Wildman–Crippen LogP) is 2.29. The maximum atomic E-state index is 5.20. The van der Waals surface area contributed by atoms with Gasteiger partial charge in [-0.15, -0.1) is 0 Å². The highest BCUT2D eigenvalue weighted by atomic mass is 79.9. The smallest absolute Gasteiger partial charge is 0.196 e. The average Bonchev–Trinajstić information content (AvgIpc) is 1.85. The van der Waals surface area contributed by atoms with Crippen molar-refractivity contribution in [1.82, 2.24) is 0 Å². The summed E-state index contributed by atoms with van der Waals surface area (Å²) in [4.78, 5) is 0.364. The number of alkyl halides is 1. The van der Waals surface area contributed by atoms with Crippen molar-refractivity contribution in [3.63, 3.8) is 0 Å². The molecular formula is C7H13BrO2. The first-order chi connectivity index (χ1) is 4.66. The Labute approximate surface area is 70.3 Å². The van der Waals surface area contributed by atoms with Crippen LogP contribution in [0.1, 0.15) is 13.8 Å². The van der Waals surface area contributed by atoms with Crippen molar-refractivity contribution in [2.24, 2.45) is 0 Å². The molecule has 0 aliphatic carbocycles. The largest absolute Gasteiger partial charge is 0.473 e. The molecule has 0 amide bonds. The summed E-state index contributed by atoms with van der Waals surface area (Å²) in [5.41, 5.74) is 0. The van der Waals surface area contributed by atoms with Crippen LogP contribution in [0.2, 0.25) is 0 Å². The number of rotatable bonds is 5. The highest BCUT2D eigenvalue weighted by Crippen LogP contribution is 2.01. The lowest BCUT2D eigenvalue weighted by Crippen LogP contribution is -2.14. The molecule has 0 aromatic heterocycles. The van der Waals surface area contributed by atoms with Gasteiger partial charge in [0.25, 0.3) is 0 Å². The van der Waals surface area contributed by atoms with E-state index < -0.39 is 0 Å². The van der Waals surface area contributed by atoms with Crippen molar-refractivity contribution in [3.05, 3.63) is 12.8 Å². The summed E-state index contributed by atoms with van der Waals surface area (Å²) >= 11 is 3.35. The summed E-state index contributed by atoms with van der Waals surface area (Å²) in [7, 11) is 0. The predicted molar refractivity (Wildman–Crippen MR) is 45.1 cm³/mol. The van der Waals surface area contributed by atoms with E-state index >= 15 is 0 Å². The Kier molecular flexibility index (Phi) is 5.73. The van der Waals surface area contributed by atoms with Gasteiger partial charge in [-0.1, -0.05) is 29.4 Å². The number of hydrogen-bond donors (Lipinski definition) is 0. The molecule has 0 aliphatic rings. The topological polar surface area (TPSA) is 18.5 Å². The van der Waals surface area contributed by atoms with Crippen LogP contribution in [0.25, 0.3) is 0 Å². The number of hydrogen-bond acceptors (Lipinski definition) is 2. The lowest BCUT2D eigenvalue weighted by Gasteiger charge is -2.12. The molecular weight excluding hydrogens is 196 g/mol. The molecule has 0 rings (SSSR count). The van der Waals surface area contributed by atoms with E-state index in [2.05, 4.69) is 22.5 Å². The molecule has 2 nitrogen and oxygen atoms in total.